The lowest BCUT2D eigenvalue weighted by molar-refractivity contribution is 0.0679. The molecule has 150 valence electrons. The third-order valence-electron chi connectivity index (χ3n) is 5.18. The van der Waals surface area contributed by atoms with Crippen LogP contribution in [0.15, 0.2) is 79.0 Å². The summed E-state index contributed by atoms with van der Waals surface area (Å²) in [6.45, 7) is 4.17. The lowest BCUT2D eigenvalue weighted by Crippen LogP contribution is -2.31. The summed E-state index contributed by atoms with van der Waals surface area (Å²) in [7, 11) is 0. The molecule has 0 spiro atoms. The van der Waals surface area contributed by atoms with Crippen LogP contribution < -0.4 is 4.74 Å². The van der Waals surface area contributed by atoms with E-state index in [-0.39, 0.29) is 0 Å². The van der Waals surface area contributed by atoms with Gasteiger partial charge in [0.2, 0.25) is 0 Å². The molecule has 0 radical (unpaired) electrons. The Balaban J connectivity index is 1.36. The highest BCUT2D eigenvalue weighted by Gasteiger charge is 2.19. The van der Waals surface area contributed by atoms with Crippen LogP contribution in [-0.4, -0.2) is 29.1 Å². The summed E-state index contributed by atoms with van der Waals surface area (Å²) in [5.74, 6) is 0.869. The number of benzene rings is 2. The number of pyridine rings is 1. The van der Waals surface area contributed by atoms with E-state index >= 15 is 0 Å². The summed E-state index contributed by atoms with van der Waals surface area (Å²) in [5, 5.41) is 0. The molecule has 2 aromatic carbocycles. The van der Waals surface area contributed by atoms with Gasteiger partial charge in [0.05, 0.1) is 11.8 Å². The Kier molecular flexibility index (Phi) is 6.89. The van der Waals surface area contributed by atoms with Gasteiger partial charge in [-0.2, -0.15) is 0 Å². The topological polar surface area (TPSA) is 34.6 Å². The Morgan fingerprint density at radius 2 is 1.66 bits per heavy atom. The van der Waals surface area contributed by atoms with Crippen LogP contribution in [0.1, 0.15) is 29.7 Å². The minimum atomic E-state index is 0.347. The van der Waals surface area contributed by atoms with Crippen LogP contribution in [-0.2, 0) is 24.4 Å². The highest BCUT2D eigenvalue weighted by Crippen LogP contribution is 2.19. The summed E-state index contributed by atoms with van der Waals surface area (Å²) in [5.41, 5.74) is 3.55. The van der Waals surface area contributed by atoms with E-state index in [1.54, 1.807) is 6.20 Å². The van der Waals surface area contributed by atoms with Gasteiger partial charge in [-0.1, -0.05) is 48.5 Å². The van der Waals surface area contributed by atoms with E-state index in [1.165, 1.54) is 17.5 Å². The molecular weight excluding hydrogens is 360 g/mol. The zero-order valence-electron chi connectivity index (χ0n) is 16.7. The molecule has 0 bridgehead atoms. The van der Waals surface area contributed by atoms with E-state index in [9.17, 15) is 0 Å². The lowest BCUT2D eigenvalue weighted by Gasteiger charge is -2.25. The zero-order chi connectivity index (χ0) is 19.7. The monoisotopic (exact) mass is 388 g/mol. The van der Waals surface area contributed by atoms with Gasteiger partial charge in [0.15, 0.2) is 0 Å². The van der Waals surface area contributed by atoms with Crippen molar-refractivity contribution in [1.29, 1.82) is 0 Å². The van der Waals surface area contributed by atoms with E-state index in [2.05, 4.69) is 52.3 Å². The molecule has 4 rings (SSSR count). The number of nitrogens with zero attached hydrogens (tertiary/aromatic N) is 2. The summed E-state index contributed by atoms with van der Waals surface area (Å²) >= 11 is 0. The summed E-state index contributed by atoms with van der Waals surface area (Å²) in [6.07, 6.45) is 4.47. The molecule has 3 aromatic rings. The van der Waals surface area contributed by atoms with Crippen LogP contribution in [0.25, 0.3) is 0 Å². The first-order chi connectivity index (χ1) is 14.3. The van der Waals surface area contributed by atoms with Crippen LogP contribution in [0.5, 0.6) is 5.75 Å². The standard InChI is InChI=1S/C25H28N2O2/c1-2-7-21(8-3-1)17-27(19-25-10-6-16-28-25)18-22-11-13-24(14-12-22)29-20-23-9-4-5-15-26-23/h1-5,7-9,11-15,25H,6,10,16-20H2. The van der Waals surface area contributed by atoms with Gasteiger partial charge in [0.25, 0.3) is 0 Å². The quantitative estimate of drug-likeness (QED) is 0.525. The number of hydrogen-bond donors (Lipinski definition) is 0. The van der Waals surface area contributed by atoms with Crippen LogP contribution >= 0.6 is 0 Å². The van der Waals surface area contributed by atoms with Crippen molar-refractivity contribution in [3.63, 3.8) is 0 Å². The second kappa shape index (κ2) is 10.2. The van der Waals surface area contributed by atoms with Crippen LogP contribution in [0.3, 0.4) is 0 Å². The van der Waals surface area contributed by atoms with Crippen molar-refractivity contribution >= 4 is 0 Å². The average molecular weight is 389 g/mol. The lowest BCUT2D eigenvalue weighted by atomic mass is 10.1. The first-order valence-electron chi connectivity index (χ1n) is 10.3. The highest BCUT2D eigenvalue weighted by molar-refractivity contribution is 5.27. The smallest absolute Gasteiger partial charge is 0.130 e. The molecule has 0 saturated carbocycles. The van der Waals surface area contributed by atoms with E-state index in [4.69, 9.17) is 9.47 Å². The Labute approximate surface area is 173 Å². The number of hydrogen-bond acceptors (Lipinski definition) is 4. The first-order valence-corrected chi connectivity index (χ1v) is 10.3. The molecule has 0 aliphatic carbocycles. The van der Waals surface area contributed by atoms with Gasteiger partial charge in [-0.05, 0) is 48.2 Å². The van der Waals surface area contributed by atoms with E-state index in [1.807, 2.05) is 30.3 Å². The van der Waals surface area contributed by atoms with Crippen molar-refractivity contribution in [3.8, 4) is 5.75 Å². The second-order valence-electron chi connectivity index (χ2n) is 7.54. The minimum absolute atomic E-state index is 0.347. The van der Waals surface area contributed by atoms with Gasteiger partial charge in [0.1, 0.15) is 12.4 Å². The maximum absolute atomic E-state index is 5.88. The molecule has 29 heavy (non-hydrogen) atoms. The SMILES string of the molecule is c1ccc(CN(Cc2ccc(OCc3ccccn3)cc2)CC2CCCO2)cc1. The van der Waals surface area contributed by atoms with Gasteiger partial charge in [0, 0.05) is 32.4 Å². The largest absolute Gasteiger partial charge is 0.487 e. The molecular formula is C25H28N2O2. The van der Waals surface area contributed by atoms with Gasteiger partial charge in [-0.25, -0.2) is 0 Å². The number of ether oxygens (including phenoxy) is 2. The van der Waals surface area contributed by atoms with Gasteiger partial charge in [-0.3, -0.25) is 9.88 Å². The van der Waals surface area contributed by atoms with Crippen molar-refractivity contribution < 1.29 is 9.47 Å². The van der Waals surface area contributed by atoms with Crippen LogP contribution in [0, 0.1) is 0 Å². The Hall–Kier alpha value is -2.69. The zero-order valence-corrected chi connectivity index (χ0v) is 16.7. The second-order valence-corrected chi connectivity index (χ2v) is 7.54. The predicted molar refractivity (Wildman–Crippen MR) is 115 cm³/mol. The molecule has 1 atom stereocenters. The molecule has 1 aromatic heterocycles. The molecule has 4 heteroatoms. The Morgan fingerprint density at radius 3 is 2.34 bits per heavy atom. The molecule has 1 aliphatic heterocycles. The Bertz CT molecular complexity index is 847. The summed E-state index contributed by atoms with van der Waals surface area (Å²) < 4.78 is 11.7. The van der Waals surface area contributed by atoms with Gasteiger partial charge >= 0.3 is 0 Å². The first kappa shape index (κ1) is 19.6. The van der Waals surface area contributed by atoms with Crippen molar-refractivity contribution in [2.75, 3.05) is 13.2 Å². The van der Waals surface area contributed by atoms with E-state index in [0.717, 1.165) is 44.1 Å². The van der Waals surface area contributed by atoms with Crippen LogP contribution in [0.2, 0.25) is 0 Å². The predicted octanol–water partition coefficient (Wildman–Crippen LogP) is 4.84. The third kappa shape index (κ3) is 6.14. The van der Waals surface area contributed by atoms with E-state index in [0.29, 0.717) is 12.7 Å². The van der Waals surface area contributed by atoms with Gasteiger partial charge < -0.3 is 9.47 Å². The average Bonchev–Trinajstić information content (AvgIpc) is 3.28. The van der Waals surface area contributed by atoms with Crippen molar-refractivity contribution in [1.82, 2.24) is 9.88 Å². The molecule has 2 heterocycles. The molecule has 0 amide bonds. The molecule has 4 nitrogen and oxygen atoms in total. The summed E-state index contributed by atoms with van der Waals surface area (Å²) in [4.78, 5) is 6.78. The van der Waals surface area contributed by atoms with Crippen molar-refractivity contribution in [2.45, 2.75) is 38.6 Å². The molecule has 1 unspecified atom stereocenters. The van der Waals surface area contributed by atoms with Crippen molar-refractivity contribution in [3.05, 3.63) is 95.8 Å². The molecule has 1 saturated heterocycles. The number of rotatable bonds is 9. The maximum Gasteiger partial charge on any atom is 0.130 e. The fraction of sp³-hybridized carbons (Fsp3) is 0.320. The fourth-order valence-electron chi connectivity index (χ4n) is 3.69. The Morgan fingerprint density at radius 1 is 0.897 bits per heavy atom. The molecule has 1 fully saturated rings. The minimum Gasteiger partial charge on any atom is -0.487 e. The maximum atomic E-state index is 5.88. The van der Waals surface area contributed by atoms with E-state index < -0.39 is 0 Å². The van der Waals surface area contributed by atoms with Crippen molar-refractivity contribution in [2.24, 2.45) is 0 Å². The molecule has 1 aliphatic rings. The third-order valence-corrected chi connectivity index (χ3v) is 5.18. The molecule has 0 N–H and O–H groups in total. The normalized spacial score (nSPS) is 16.2. The highest BCUT2D eigenvalue weighted by atomic mass is 16.5. The number of aromatic nitrogens is 1. The van der Waals surface area contributed by atoms with Gasteiger partial charge in [-0.15, -0.1) is 0 Å². The van der Waals surface area contributed by atoms with Crippen LogP contribution in [0.4, 0.5) is 0 Å². The fourth-order valence-corrected chi connectivity index (χ4v) is 3.69. The summed E-state index contributed by atoms with van der Waals surface area (Å²) in [6, 6.07) is 24.9.